The van der Waals surface area contributed by atoms with E-state index in [2.05, 4.69) is 10.6 Å². The van der Waals surface area contributed by atoms with Crippen LogP contribution < -0.4 is 10.6 Å². The van der Waals surface area contributed by atoms with Crippen molar-refractivity contribution in [2.45, 2.75) is 0 Å². The Balaban J connectivity index is 2.27. The Morgan fingerprint density at radius 2 is 2.00 bits per heavy atom. The maximum absolute atomic E-state index is 10.9. The fourth-order valence-electron chi connectivity index (χ4n) is 1.23. The Morgan fingerprint density at radius 1 is 1.23 bits per heavy atom. The monoisotopic (exact) mass is 173 g/mol. The van der Waals surface area contributed by atoms with E-state index in [0.29, 0.717) is 6.54 Å². The summed E-state index contributed by atoms with van der Waals surface area (Å²) in [6.45, 7) is 0.468. The lowest BCUT2D eigenvalue weighted by atomic mass is 10.1. The third kappa shape index (κ3) is 1.69. The van der Waals surface area contributed by atoms with Crippen LogP contribution >= 0.6 is 0 Å². The van der Waals surface area contributed by atoms with E-state index in [1.165, 1.54) is 0 Å². The first-order chi connectivity index (χ1) is 6.36. The van der Waals surface area contributed by atoms with E-state index in [4.69, 9.17) is 0 Å². The van der Waals surface area contributed by atoms with Crippen molar-refractivity contribution >= 4 is 11.7 Å². The maximum Gasteiger partial charge on any atom is 0.341 e. The van der Waals surface area contributed by atoms with Gasteiger partial charge in [-0.15, -0.1) is 0 Å². The lowest BCUT2D eigenvalue weighted by Gasteiger charge is -2.13. The summed E-state index contributed by atoms with van der Waals surface area (Å²) in [6, 6.07) is 9.47. The number of rotatable bonds is 1. The van der Waals surface area contributed by atoms with Crippen LogP contribution in [0.4, 0.5) is 4.79 Å². The minimum Gasteiger partial charge on any atom is -0.306 e. The molecule has 2 rings (SSSR count). The predicted molar refractivity (Wildman–Crippen MR) is 50.0 cm³/mol. The summed E-state index contributed by atoms with van der Waals surface area (Å²) in [6.07, 6.45) is 1.90. The fourth-order valence-corrected chi connectivity index (χ4v) is 1.23. The molecule has 1 aliphatic rings. The predicted octanol–water partition coefficient (Wildman–Crippen LogP) is 1.36. The number of nitrogens with one attached hydrogen (secondary N) is 1. The fraction of sp³-hybridized carbons (Fsp3) is 0.100. The van der Waals surface area contributed by atoms with E-state index in [1.54, 1.807) is 0 Å². The van der Waals surface area contributed by atoms with Crippen LogP contribution in [-0.4, -0.2) is 12.6 Å². The molecule has 0 saturated carbocycles. The summed E-state index contributed by atoms with van der Waals surface area (Å²) in [4.78, 5) is 10.9. The van der Waals surface area contributed by atoms with E-state index in [9.17, 15) is 4.79 Å². The molecule has 0 fully saturated rings. The number of carbonyl (C=O) groups excluding carboxylic acids is 1. The van der Waals surface area contributed by atoms with Crippen molar-refractivity contribution in [1.82, 2.24) is 10.6 Å². The van der Waals surface area contributed by atoms with Gasteiger partial charge in [-0.3, -0.25) is 0 Å². The normalized spacial score (nSPS) is 15.7. The van der Waals surface area contributed by atoms with Crippen LogP contribution in [0.5, 0.6) is 0 Å². The zero-order valence-electron chi connectivity index (χ0n) is 7.03. The van der Waals surface area contributed by atoms with Crippen molar-refractivity contribution in [3.05, 3.63) is 42.0 Å². The van der Waals surface area contributed by atoms with Crippen molar-refractivity contribution in [1.29, 1.82) is 0 Å². The highest BCUT2D eigenvalue weighted by atomic mass is 16.2. The van der Waals surface area contributed by atoms with Crippen molar-refractivity contribution in [2.75, 3.05) is 6.54 Å². The zero-order valence-corrected chi connectivity index (χ0v) is 7.03. The molecule has 2 amide bonds. The quantitative estimate of drug-likeness (QED) is 0.684. The molecule has 0 aromatic heterocycles. The molecule has 0 aliphatic carbocycles. The Kier molecular flexibility index (Phi) is 2.00. The highest BCUT2D eigenvalue weighted by Gasteiger charge is 2.10. The van der Waals surface area contributed by atoms with Crippen LogP contribution in [-0.2, 0) is 0 Å². The number of hydrogen-bond donors (Lipinski definition) is 1. The van der Waals surface area contributed by atoms with Gasteiger partial charge in [0.05, 0.1) is 6.54 Å². The van der Waals surface area contributed by atoms with E-state index in [1.807, 2.05) is 36.4 Å². The molecule has 1 aromatic rings. The molecular weight excluding hydrogens is 164 g/mol. The number of benzene rings is 1. The molecule has 0 unspecified atom stereocenters. The summed E-state index contributed by atoms with van der Waals surface area (Å²) < 4.78 is 0. The highest BCUT2D eigenvalue weighted by Crippen LogP contribution is 2.11. The first-order valence-corrected chi connectivity index (χ1v) is 4.10. The van der Waals surface area contributed by atoms with Gasteiger partial charge in [-0.2, -0.15) is 0 Å². The number of amides is 2. The largest absolute Gasteiger partial charge is 0.341 e. The van der Waals surface area contributed by atoms with Gasteiger partial charge in [0.15, 0.2) is 0 Å². The van der Waals surface area contributed by atoms with Gasteiger partial charge in [-0.1, -0.05) is 30.3 Å². The first-order valence-electron chi connectivity index (χ1n) is 4.10. The van der Waals surface area contributed by atoms with E-state index in [0.717, 1.165) is 11.3 Å². The maximum atomic E-state index is 10.9. The second-order valence-corrected chi connectivity index (χ2v) is 2.75. The molecular formula is C10H9N2O. The van der Waals surface area contributed by atoms with Crippen molar-refractivity contribution in [3.63, 3.8) is 0 Å². The summed E-state index contributed by atoms with van der Waals surface area (Å²) in [5.41, 5.74) is 1.87. The average molecular weight is 173 g/mol. The molecule has 0 bridgehead atoms. The molecule has 0 saturated heterocycles. The Morgan fingerprint density at radius 3 is 2.69 bits per heavy atom. The average Bonchev–Trinajstić information content (AvgIpc) is 2.19. The molecule has 0 atom stereocenters. The summed E-state index contributed by atoms with van der Waals surface area (Å²) in [5.74, 6) is 0. The molecule has 1 N–H and O–H groups in total. The highest BCUT2D eigenvalue weighted by molar-refractivity contribution is 5.87. The molecule has 3 nitrogen and oxygen atoms in total. The number of urea groups is 1. The molecule has 1 aromatic carbocycles. The lowest BCUT2D eigenvalue weighted by molar-refractivity contribution is 0.244. The van der Waals surface area contributed by atoms with Gasteiger partial charge in [0.1, 0.15) is 0 Å². The Hall–Kier alpha value is -1.77. The topological polar surface area (TPSA) is 43.2 Å². The second-order valence-electron chi connectivity index (χ2n) is 2.75. The minimum atomic E-state index is -0.263. The van der Waals surface area contributed by atoms with Gasteiger partial charge < -0.3 is 5.32 Å². The summed E-state index contributed by atoms with van der Waals surface area (Å²) in [5, 5.41) is 6.37. The SMILES string of the molecule is O=C1[N]CC=C(c2ccccc2)N1. The number of nitrogens with zero attached hydrogens (tertiary/aromatic N) is 1. The number of carbonyl (C=O) groups is 1. The Labute approximate surface area is 76.5 Å². The van der Waals surface area contributed by atoms with Crippen molar-refractivity contribution in [2.24, 2.45) is 0 Å². The first kappa shape index (κ1) is 7.86. The standard InChI is InChI=1S/C10H9N2O/c13-10-11-7-6-9(12-10)8-4-2-1-3-5-8/h1-6H,7H2,(H,12,13). The van der Waals surface area contributed by atoms with Crippen molar-refractivity contribution < 1.29 is 4.79 Å². The van der Waals surface area contributed by atoms with Crippen LogP contribution in [0.1, 0.15) is 5.56 Å². The van der Waals surface area contributed by atoms with Crippen LogP contribution in [0.2, 0.25) is 0 Å². The molecule has 13 heavy (non-hydrogen) atoms. The molecule has 0 spiro atoms. The van der Waals surface area contributed by atoms with Crippen LogP contribution in [0.15, 0.2) is 36.4 Å². The second kappa shape index (κ2) is 3.31. The summed E-state index contributed by atoms with van der Waals surface area (Å²) >= 11 is 0. The van der Waals surface area contributed by atoms with Gasteiger partial charge in [0, 0.05) is 5.70 Å². The van der Waals surface area contributed by atoms with E-state index >= 15 is 0 Å². The lowest BCUT2D eigenvalue weighted by Crippen LogP contribution is -2.33. The molecule has 1 aliphatic heterocycles. The van der Waals surface area contributed by atoms with Gasteiger partial charge in [0.2, 0.25) is 0 Å². The van der Waals surface area contributed by atoms with Crippen LogP contribution in [0.3, 0.4) is 0 Å². The van der Waals surface area contributed by atoms with Gasteiger partial charge >= 0.3 is 6.03 Å². The summed E-state index contributed by atoms with van der Waals surface area (Å²) in [7, 11) is 0. The zero-order chi connectivity index (χ0) is 9.10. The molecule has 1 radical (unpaired) electrons. The molecule has 65 valence electrons. The van der Waals surface area contributed by atoms with Crippen molar-refractivity contribution in [3.8, 4) is 0 Å². The molecule has 3 heteroatoms. The minimum absolute atomic E-state index is 0.263. The van der Waals surface area contributed by atoms with E-state index < -0.39 is 0 Å². The number of hydrogen-bond acceptors (Lipinski definition) is 1. The smallest absolute Gasteiger partial charge is 0.306 e. The Bertz CT molecular complexity index is 343. The third-order valence-corrected chi connectivity index (χ3v) is 1.86. The third-order valence-electron chi connectivity index (χ3n) is 1.86. The van der Waals surface area contributed by atoms with Gasteiger partial charge in [-0.05, 0) is 11.6 Å². The van der Waals surface area contributed by atoms with E-state index in [-0.39, 0.29) is 6.03 Å². The van der Waals surface area contributed by atoms with Gasteiger partial charge in [-0.25, -0.2) is 10.1 Å². The van der Waals surface area contributed by atoms with Crippen LogP contribution in [0.25, 0.3) is 5.70 Å². The van der Waals surface area contributed by atoms with Gasteiger partial charge in [0.25, 0.3) is 0 Å². The van der Waals surface area contributed by atoms with Crippen LogP contribution in [0, 0.1) is 0 Å². The molecule has 1 heterocycles.